The molecule has 0 bridgehead atoms. The van der Waals surface area contributed by atoms with Crippen LogP contribution in [-0.2, 0) is 21.4 Å². The monoisotopic (exact) mass is 528 g/mol. The van der Waals surface area contributed by atoms with Crippen molar-refractivity contribution in [3.05, 3.63) is 70.1 Å². The van der Waals surface area contributed by atoms with Gasteiger partial charge in [0, 0.05) is 6.04 Å². The normalized spacial score (nSPS) is 11.9. The van der Waals surface area contributed by atoms with Crippen molar-refractivity contribution < 1.29 is 14.3 Å². The van der Waals surface area contributed by atoms with Crippen molar-refractivity contribution in [3.63, 3.8) is 0 Å². The van der Waals surface area contributed by atoms with E-state index in [1.165, 1.54) is 37.3 Å². The lowest BCUT2D eigenvalue weighted by atomic mass is 9.86. The van der Waals surface area contributed by atoms with E-state index < -0.39 is 6.04 Å². The number of Topliss-reactive ketones (excluding diaryl/α,β-unsaturated/α-hetero) is 1. The molecule has 2 aromatic rings. The first kappa shape index (κ1) is 37.3. The first-order chi connectivity index (χ1) is 18.0. The number of hydrogen-bond donors (Lipinski definition) is 0. The maximum absolute atomic E-state index is 11.7. The second-order valence-electron chi connectivity index (χ2n) is 10.2. The summed E-state index contributed by atoms with van der Waals surface area (Å²) in [4.78, 5) is 32.1. The SMILES string of the molecule is C=O.CC(=O)[C@H](CN=O)N(C)C(C)c1ccc(C(C)(C)C)cc1.CCCC.CCCc1ccc(OC)cc1. The molecule has 2 aromatic carbocycles. The van der Waals surface area contributed by atoms with Gasteiger partial charge in [0.1, 0.15) is 24.9 Å². The minimum atomic E-state index is -0.459. The van der Waals surface area contributed by atoms with Gasteiger partial charge in [-0.05, 0) is 61.6 Å². The Hall–Kier alpha value is -2.86. The first-order valence-corrected chi connectivity index (χ1v) is 13.5. The lowest BCUT2D eigenvalue weighted by molar-refractivity contribution is -0.122. The van der Waals surface area contributed by atoms with E-state index in [9.17, 15) is 9.70 Å². The van der Waals surface area contributed by atoms with Gasteiger partial charge in [-0.25, -0.2) is 0 Å². The Morgan fingerprint density at radius 2 is 1.45 bits per heavy atom. The zero-order valence-electron chi connectivity index (χ0n) is 25.5. The highest BCUT2D eigenvalue weighted by Crippen LogP contribution is 2.26. The number of ether oxygens (including phenoxy) is 1. The molecule has 214 valence electrons. The van der Waals surface area contributed by atoms with Crippen LogP contribution in [0.25, 0.3) is 0 Å². The molecule has 1 unspecified atom stereocenters. The molecule has 2 atom stereocenters. The van der Waals surface area contributed by atoms with Gasteiger partial charge in [0.05, 0.1) is 13.2 Å². The molecule has 0 aliphatic rings. The summed E-state index contributed by atoms with van der Waals surface area (Å²) in [6, 6.07) is 16.3. The highest BCUT2D eigenvalue weighted by molar-refractivity contribution is 5.81. The van der Waals surface area contributed by atoms with E-state index in [1.807, 2.05) is 37.8 Å². The number of likely N-dealkylation sites (N-methyl/N-ethyl adjacent to an activating group) is 1. The minimum absolute atomic E-state index is 0.00372. The van der Waals surface area contributed by atoms with Crippen molar-refractivity contribution in [2.75, 3.05) is 20.7 Å². The molecule has 0 fully saturated rings. The molecule has 0 aliphatic carbocycles. The third kappa shape index (κ3) is 14.8. The molecule has 38 heavy (non-hydrogen) atoms. The van der Waals surface area contributed by atoms with Crippen molar-refractivity contribution in [1.82, 2.24) is 4.90 Å². The van der Waals surface area contributed by atoms with Gasteiger partial charge in [0.15, 0.2) is 0 Å². The van der Waals surface area contributed by atoms with Gasteiger partial charge < -0.3 is 9.53 Å². The van der Waals surface area contributed by atoms with Gasteiger partial charge in [0.25, 0.3) is 0 Å². The number of ketones is 1. The second kappa shape index (κ2) is 21.1. The van der Waals surface area contributed by atoms with Gasteiger partial charge in [-0.1, -0.05) is 102 Å². The molecule has 2 rings (SSSR count). The molecule has 0 spiro atoms. The van der Waals surface area contributed by atoms with Crippen LogP contribution >= 0.6 is 0 Å². The molecule has 6 heteroatoms. The summed E-state index contributed by atoms with van der Waals surface area (Å²) in [5, 5.41) is 2.89. The quantitative estimate of drug-likeness (QED) is 0.292. The molecule has 0 saturated carbocycles. The van der Waals surface area contributed by atoms with Crippen molar-refractivity contribution in [2.45, 2.75) is 98.6 Å². The Labute approximate surface area is 232 Å². The Kier molecular flexibility index (Phi) is 20.7. The predicted octanol–water partition coefficient (Wildman–Crippen LogP) is 7.97. The van der Waals surface area contributed by atoms with E-state index in [2.05, 4.69) is 83.1 Å². The van der Waals surface area contributed by atoms with Crippen molar-refractivity contribution in [3.8, 4) is 5.75 Å². The van der Waals surface area contributed by atoms with E-state index in [0.717, 1.165) is 17.7 Å². The number of carbonyl (C=O) groups is 2. The number of rotatable bonds is 10. The number of aryl methyl sites for hydroxylation is 1. The maximum atomic E-state index is 11.7. The number of methoxy groups -OCH3 is 1. The largest absolute Gasteiger partial charge is 0.497 e. The van der Waals surface area contributed by atoms with Gasteiger partial charge in [-0.15, -0.1) is 0 Å². The van der Waals surface area contributed by atoms with Crippen LogP contribution in [0.3, 0.4) is 0 Å². The molecule has 0 aromatic heterocycles. The van der Waals surface area contributed by atoms with Gasteiger partial charge in [-0.3, -0.25) is 9.69 Å². The van der Waals surface area contributed by atoms with E-state index in [-0.39, 0.29) is 23.8 Å². The molecular weight excluding hydrogens is 476 g/mol. The van der Waals surface area contributed by atoms with E-state index in [1.54, 1.807) is 7.11 Å². The zero-order chi connectivity index (χ0) is 29.7. The fourth-order valence-corrected chi connectivity index (χ4v) is 3.46. The van der Waals surface area contributed by atoms with Gasteiger partial charge >= 0.3 is 0 Å². The third-order valence-electron chi connectivity index (χ3n) is 6.28. The Balaban J connectivity index is 0. The molecule has 0 amide bonds. The fraction of sp³-hybridized carbons (Fsp3) is 0.562. The standard InChI is InChI=1S/C17H26N2O2.C10H14O.C4H10.CH2O/c1-12(19(6)16(11-18-21)13(2)20)14-7-9-15(10-8-14)17(3,4)5;1-3-4-9-5-7-10(11-2)8-6-9;1-3-4-2;1-2/h7-10,12,16H,11H2,1-6H3;5-8H,3-4H2,1-2H3;3-4H2,1-2H3;1H2/t12?,16-;;;/m0.../s1. The highest BCUT2D eigenvalue weighted by atomic mass is 16.5. The predicted molar refractivity (Wildman–Crippen MR) is 161 cm³/mol. The van der Waals surface area contributed by atoms with Gasteiger partial charge in [0.2, 0.25) is 0 Å². The summed E-state index contributed by atoms with van der Waals surface area (Å²) in [7, 11) is 3.55. The molecule has 0 saturated heterocycles. The fourth-order valence-electron chi connectivity index (χ4n) is 3.46. The Morgan fingerprint density at radius 1 is 0.947 bits per heavy atom. The third-order valence-corrected chi connectivity index (χ3v) is 6.28. The number of nitroso groups, excluding NO2 is 1. The van der Waals surface area contributed by atoms with Crippen molar-refractivity contribution in [2.24, 2.45) is 5.18 Å². The lowest BCUT2D eigenvalue weighted by Crippen LogP contribution is -2.41. The minimum Gasteiger partial charge on any atom is -0.497 e. The van der Waals surface area contributed by atoms with Crippen LogP contribution < -0.4 is 4.74 Å². The summed E-state index contributed by atoms with van der Waals surface area (Å²) < 4.78 is 5.05. The molecule has 0 radical (unpaired) electrons. The average molecular weight is 529 g/mol. The number of benzene rings is 2. The maximum Gasteiger partial charge on any atom is 0.148 e. The summed E-state index contributed by atoms with van der Waals surface area (Å²) >= 11 is 0. The number of nitrogens with zero attached hydrogens (tertiary/aromatic N) is 2. The first-order valence-electron chi connectivity index (χ1n) is 13.5. The van der Waals surface area contributed by atoms with E-state index in [0.29, 0.717) is 0 Å². The van der Waals surface area contributed by atoms with Crippen LogP contribution in [0.15, 0.2) is 53.7 Å². The lowest BCUT2D eigenvalue weighted by Gasteiger charge is -2.31. The molecule has 0 aliphatic heterocycles. The Bertz CT molecular complexity index is 872. The van der Waals surface area contributed by atoms with Crippen LogP contribution in [0.4, 0.5) is 0 Å². The summed E-state index contributed by atoms with van der Waals surface area (Å²) in [6.45, 7) is 18.6. The number of carbonyl (C=O) groups excluding carboxylic acids is 2. The topological polar surface area (TPSA) is 76.0 Å². The summed E-state index contributed by atoms with van der Waals surface area (Å²) in [5.41, 5.74) is 3.91. The smallest absolute Gasteiger partial charge is 0.148 e. The van der Waals surface area contributed by atoms with E-state index in [4.69, 9.17) is 9.53 Å². The molecule has 0 N–H and O–H groups in total. The highest BCUT2D eigenvalue weighted by Gasteiger charge is 2.25. The molecule has 0 heterocycles. The molecular formula is C32H52N2O4. The van der Waals surface area contributed by atoms with E-state index >= 15 is 0 Å². The number of hydrogen-bond acceptors (Lipinski definition) is 6. The van der Waals surface area contributed by atoms with Crippen molar-refractivity contribution in [1.29, 1.82) is 0 Å². The summed E-state index contributed by atoms with van der Waals surface area (Å²) in [6.07, 6.45) is 5.00. The van der Waals surface area contributed by atoms with Crippen LogP contribution in [0.2, 0.25) is 0 Å². The van der Waals surface area contributed by atoms with Gasteiger partial charge in [-0.2, -0.15) is 4.91 Å². The van der Waals surface area contributed by atoms with Crippen molar-refractivity contribution >= 4 is 12.6 Å². The Morgan fingerprint density at radius 3 is 1.79 bits per heavy atom. The van der Waals surface area contributed by atoms with Crippen LogP contribution in [0, 0.1) is 4.91 Å². The summed E-state index contributed by atoms with van der Waals surface area (Å²) in [5.74, 6) is 0.903. The average Bonchev–Trinajstić information content (AvgIpc) is 2.92. The second-order valence-corrected chi connectivity index (χ2v) is 10.2. The zero-order valence-corrected chi connectivity index (χ0v) is 25.5. The van der Waals surface area contributed by atoms with Crippen LogP contribution in [0.5, 0.6) is 5.75 Å². The molecule has 6 nitrogen and oxygen atoms in total. The van der Waals surface area contributed by atoms with Crippen LogP contribution in [0.1, 0.15) is 97.4 Å². The number of unbranched alkanes of at least 4 members (excludes halogenated alkanes) is 1. The van der Waals surface area contributed by atoms with Crippen LogP contribution in [-0.4, -0.2) is 44.2 Å².